The Morgan fingerprint density at radius 1 is 1.10 bits per heavy atom. The maximum atomic E-state index is 14.6. The van der Waals surface area contributed by atoms with Crippen LogP contribution in [-0.2, 0) is 24.8 Å². The minimum absolute atomic E-state index is 0.0445. The van der Waals surface area contributed by atoms with Gasteiger partial charge in [-0.15, -0.1) is 0 Å². The van der Waals surface area contributed by atoms with Gasteiger partial charge in [0, 0.05) is 18.2 Å². The second-order valence-electron chi connectivity index (χ2n) is 8.04. The zero-order valence-electron chi connectivity index (χ0n) is 17.0. The molecule has 1 aliphatic carbocycles. The molecular weight excluding hydrogens is 467 g/mol. The van der Waals surface area contributed by atoms with Gasteiger partial charge in [-0.25, -0.2) is 35.1 Å². The molecule has 0 amide bonds. The predicted molar refractivity (Wildman–Crippen MR) is 105 cm³/mol. The molecule has 0 bridgehead atoms. The van der Waals surface area contributed by atoms with E-state index in [0.29, 0.717) is 6.42 Å². The molecule has 31 heavy (non-hydrogen) atoms. The third-order valence-electron chi connectivity index (χ3n) is 5.37. The zero-order chi connectivity index (χ0) is 23.7. The molecule has 1 aromatic carbocycles. The maximum Gasteiger partial charge on any atom is 0.511 e. The van der Waals surface area contributed by atoms with Gasteiger partial charge in [-0.05, 0) is 56.2 Å². The lowest BCUT2D eigenvalue weighted by molar-refractivity contribution is -0.0452. The quantitative estimate of drug-likeness (QED) is 0.544. The van der Waals surface area contributed by atoms with Gasteiger partial charge in [0.15, 0.2) is 0 Å². The van der Waals surface area contributed by atoms with Gasteiger partial charge in [0.1, 0.15) is 16.4 Å². The molecule has 0 radical (unpaired) electrons. The van der Waals surface area contributed by atoms with E-state index in [4.69, 9.17) is 0 Å². The summed E-state index contributed by atoms with van der Waals surface area (Å²) in [5.41, 5.74) is -5.94. The highest BCUT2D eigenvalue weighted by Gasteiger charge is 2.52. The van der Waals surface area contributed by atoms with Crippen molar-refractivity contribution in [2.24, 2.45) is 5.92 Å². The largest absolute Gasteiger partial charge is 0.511 e. The fourth-order valence-corrected chi connectivity index (χ4v) is 6.33. The maximum absolute atomic E-state index is 14.6. The van der Waals surface area contributed by atoms with E-state index in [-0.39, 0.29) is 25.3 Å². The van der Waals surface area contributed by atoms with Crippen LogP contribution in [0.25, 0.3) is 0 Å². The van der Waals surface area contributed by atoms with E-state index < -0.39 is 66.4 Å². The van der Waals surface area contributed by atoms with Crippen molar-refractivity contribution in [3.8, 4) is 0 Å². The molecule has 1 fully saturated rings. The Morgan fingerprint density at radius 3 is 2.19 bits per heavy atom. The molecule has 1 saturated carbocycles. The molecule has 1 aromatic rings. The van der Waals surface area contributed by atoms with Crippen molar-refractivity contribution < 1.29 is 38.8 Å². The Balaban J connectivity index is 2.37. The number of hydrogen-bond donors (Lipinski definition) is 2. The Kier molecular flexibility index (Phi) is 7.77. The normalized spacial score (nSPS) is 23.3. The van der Waals surface area contributed by atoms with E-state index in [9.17, 15) is 38.8 Å². The van der Waals surface area contributed by atoms with E-state index in [1.54, 1.807) is 0 Å². The standard InChI is InChI=1S/C18H25F5N2O4S2/c1-12(2)7-10-24-30(26,27)17(15-11-13(19)3-4-16(15)20)8-5-14(6-9-17)25-31(28,29)18(21,22)23/h3-4,11-12,14,24-25H,5-10H2,1-2H3/t14-,17+. The Bertz CT molecular complexity index is 987. The first-order valence-electron chi connectivity index (χ1n) is 9.64. The van der Waals surface area contributed by atoms with Crippen molar-refractivity contribution in [2.45, 2.75) is 62.2 Å². The lowest BCUT2D eigenvalue weighted by Crippen LogP contribution is -2.51. The first-order chi connectivity index (χ1) is 14.1. The molecule has 0 spiro atoms. The molecule has 2 rings (SSSR count). The number of benzene rings is 1. The third kappa shape index (κ3) is 5.74. The first-order valence-corrected chi connectivity index (χ1v) is 12.6. The van der Waals surface area contributed by atoms with E-state index >= 15 is 0 Å². The van der Waals surface area contributed by atoms with Gasteiger partial charge in [-0.2, -0.15) is 13.2 Å². The minimum atomic E-state index is -5.62. The minimum Gasteiger partial charge on any atom is -0.214 e. The summed E-state index contributed by atoms with van der Waals surface area (Å²) >= 11 is 0. The second kappa shape index (κ2) is 9.28. The predicted octanol–water partition coefficient (Wildman–Crippen LogP) is 3.51. The highest BCUT2D eigenvalue weighted by molar-refractivity contribution is 7.90. The summed E-state index contributed by atoms with van der Waals surface area (Å²) in [7, 11) is -9.91. The van der Waals surface area contributed by atoms with Crippen LogP contribution >= 0.6 is 0 Å². The molecule has 6 nitrogen and oxygen atoms in total. The van der Waals surface area contributed by atoms with Crippen LogP contribution in [-0.4, -0.2) is 34.9 Å². The molecule has 0 unspecified atom stereocenters. The molecule has 178 valence electrons. The Hall–Kier alpha value is -1.31. The highest BCUT2D eigenvalue weighted by atomic mass is 32.2. The van der Waals surface area contributed by atoms with Crippen molar-refractivity contribution >= 4 is 20.0 Å². The molecule has 0 aromatic heterocycles. The van der Waals surface area contributed by atoms with Crippen LogP contribution in [0.3, 0.4) is 0 Å². The van der Waals surface area contributed by atoms with E-state index in [2.05, 4.69) is 4.72 Å². The average molecular weight is 493 g/mol. The summed E-state index contributed by atoms with van der Waals surface area (Å²) in [6.07, 6.45) is -0.924. The van der Waals surface area contributed by atoms with Gasteiger partial charge in [-0.3, -0.25) is 0 Å². The summed E-state index contributed by atoms with van der Waals surface area (Å²) in [6.45, 7) is 3.78. The number of halogens is 5. The Morgan fingerprint density at radius 2 is 1.68 bits per heavy atom. The third-order valence-corrected chi connectivity index (χ3v) is 8.86. The molecular formula is C18H25F5N2O4S2. The van der Waals surface area contributed by atoms with Gasteiger partial charge in [-0.1, -0.05) is 13.8 Å². The number of sulfonamides is 2. The molecule has 2 N–H and O–H groups in total. The zero-order valence-corrected chi connectivity index (χ0v) is 18.6. The average Bonchev–Trinajstić information content (AvgIpc) is 2.62. The van der Waals surface area contributed by atoms with Crippen molar-refractivity contribution in [3.05, 3.63) is 35.4 Å². The number of nitrogens with one attached hydrogen (secondary N) is 2. The summed E-state index contributed by atoms with van der Waals surface area (Å²) < 4.78 is 117. The second-order valence-corrected chi connectivity index (χ2v) is 11.8. The van der Waals surface area contributed by atoms with Crippen molar-refractivity contribution in [2.75, 3.05) is 6.54 Å². The molecule has 0 heterocycles. The lowest BCUT2D eigenvalue weighted by Gasteiger charge is -2.40. The monoisotopic (exact) mass is 492 g/mol. The van der Waals surface area contributed by atoms with Crippen LogP contribution in [0, 0.1) is 17.6 Å². The molecule has 1 aliphatic rings. The summed E-state index contributed by atoms with van der Waals surface area (Å²) in [4.78, 5) is 0. The topological polar surface area (TPSA) is 92.3 Å². The van der Waals surface area contributed by atoms with Crippen molar-refractivity contribution in [3.63, 3.8) is 0 Å². The van der Waals surface area contributed by atoms with E-state index in [0.717, 1.165) is 18.2 Å². The van der Waals surface area contributed by atoms with Crippen LogP contribution in [0.1, 0.15) is 51.5 Å². The number of rotatable bonds is 8. The summed E-state index contributed by atoms with van der Waals surface area (Å²) in [5, 5.41) is 0. The van der Waals surface area contributed by atoms with Gasteiger partial charge in [0.25, 0.3) is 0 Å². The lowest BCUT2D eigenvalue weighted by atomic mass is 9.81. The van der Waals surface area contributed by atoms with Gasteiger partial charge in [0.05, 0.1) is 0 Å². The fourth-order valence-electron chi connectivity index (χ4n) is 3.64. The molecule has 0 aliphatic heterocycles. The van der Waals surface area contributed by atoms with Crippen LogP contribution in [0.5, 0.6) is 0 Å². The van der Waals surface area contributed by atoms with Crippen LogP contribution in [0.2, 0.25) is 0 Å². The van der Waals surface area contributed by atoms with Gasteiger partial charge >= 0.3 is 15.5 Å². The van der Waals surface area contributed by atoms with Crippen LogP contribution < -0.4 is 9.44 Å². The molecule has 0 saturated heterocycles. The van der Waals surface area contributed by atoms with Gasteiger partial charge < -0.3 is 0 Å². The molecule has 13 heteroatoms. The molecule has 0 atom stereocenters. The Labute approximate surface area is 178 Å². The number of hydrogen-bond acceptors (Lipinski definition) is 4. The summed E-state index contributed by atoms with van der Waals surface area (Å²) in [5.74, 6) is -1.67. The van der Waals surface area contributed by atoms with E-state index in [1.807, 2.05) is 13.8 Å². The van der Waals surface area contributed by atoms with Gasteiger partial charge in [0.2, 0.25) is 10.0 Å². The highest BCUT2D eigenvalue weighted by Crippen LogP contribution is 2.45. The van der Waals surface area contributed by atoms with Crippen LogP contribution in [0.4, 0.5) is 22.0 Å². The van der Waals surface area contributed by atoms with Crippen molar-refractivity contribution in [1.29, 1.82) is 0 Å². The van der Waals surface area contributed by atoms with Crippen LogP contribution in [0.15, 0.2) is 18.2 Å². The van der Waals surface area contributed by atoms with E-state index in [1.165, 1.54) is 4.72 Å². The summed E-state index contributed by atoms with van der Waals surface area (Å²) in [6, 6.07) is 1.18. The first kappa shape index (κ1) is 25.9. The number of alkyl halides is 3. The smallest absolute Gasteiger partial charge is 0.214 e. The van der Waals surface area contributed by atoms with Crippen molar-refractivity contribution in [1.82, 2.24) is 9.44 Å². The SMILES string of the molecule is CC(C)CCNS(=O)(=O)[C@]1(c2cc(F)ccc2F)CC[C@H](NS(=O)(=O)C(F)(F)F)CC1. The fraction of sp³-hybridized carbons (Fsp3) is 0.667.